The Hall–Kier alpha value is -0.480. The SMILES string of the molecule is NNC(C1=CCCCCCC1)C1CCCC(F)(F)C1. The fourth-order valence-corrected chi connectivity index (χ4v) is 3.54. The van der Waals surface area contributed by atoms with Crippen molar-refractivity contribution in [3.8, 4) is 0 Å². The molecule has 0 saturated heterocycles. The minimum Gasteiger partial charge on any atom is -0.271 e. The van der Waals surface area contributed by atoms with E-state index in [4.69, 9.17) is 5.84 Å². The number of hydrazine groups is 1. The van der Waals surface area contributed by atoms with Crippen LogP contribution in [0, 0.1) is 5.92 Å². The summed E-state index contributed by atoms with van der Waals surface area (Å²) in [6, 6.07) is -0.0516. The monoisotopic (exact) mass is 272 g/mol. The second kappa shape index (κ2) is 6.80. The number of nitrogens with two attached hydrogens (primary N) is 1. The topological polar surface area (TPSA) is 38.0 Å². The molecule has 2 aliphatic carbocycles. The third kappa shape index (κ3) is 4.25. The van der Waals surface area contributed by atoms with Gasteiger partial charge in [-0.05, 0) is 44.4 Å². The van der Waals surface area contributed by atoms with Crippen LogP contribution in [0.1, 0.15) is 64.2 Å². The van der Waals surface area contributed by atoms with E-state index in [1.165, 1.54) is 24.8 Å². The third-order valence-corrected chi connectivity index (χ3v) is 4.55. The summed E-state index contributed by atoms with van der Waals surface area (Å²) in [4.78, 5) is 0. The Bertz CT molecular complexity index is 315. The standard InChI is InChI=1S/C15H26F2N2/c16-15(17)10-6-9-13(11-15)14(19-18)12-7-4-2-1-3-5-8-12/h7,13-14,19H,1-6,8-11,18H2. The van der Waals surface area contributed by atoms with E-state index in [1.54, 1.807) is 0 Å². The Morgan fingerprint density at radius 2 is 2.00 bits per heavy atom. The molecule has 3 N–H and O–H groups in total. The fraction of sp³-hybridized carbons (Fsp3) is 0.867. The number of allylic oxidation sites excluding steroid dienone is 1. The van der Waals surface area contributed by atoms with E-state index in [0.29, 0.717) is 6.42 Å². The van der Waals surface area contributed by atoms with Crippen LogP contribution in [0.3, 0.4) is 0 Å². The summed E-state index contributed by atoms with van der Waals surface area (Å²) < 4.78 is 27.2. The lowest BCUT2D eigenvalue weighted by atomic mass is 9.78. The molecule has 0 bridgehead atoms. The van der Waals surface area contributed by atoms with Crippen molar-refractivity contribution in [2.45, 2.75) is 76.2 Å². The van der Waals surface area contributed by atoms with Gasteiger partial charge in [0, 0.05) is 18.9 Å². The molecular weight excluding hydrogens is 246 g/mol. The molecule has 19 heavy (non-hydrogen) atoms. The first-order valence-electron chi connectivity index (χ1n) is 7.65. The predicted octanol–water partition coefficient (Wildman–Crippen LogP) is 3.92. The van der Waals surface area contributed by atoms with Crippen molar-refractivity contribution >= 4 is 0 Å². The Balaban J connectivity index is 2.05. The van der Waals surface area contributed by atoms with Gasteiger partial charge in [-0.15, -0.1) is 0 Å². The smallest absolute Gasteiger partial charge is 0.248 e. The minimum absolute atomic E-state index is 0.0144. The fourth-order valence-electron chi connectivity index (χ4n) is 3.54. The number of halogens is 2. The van der Waals surface area contributed by atoms with E-state index in [1.807, 2.05) is 0 Å². The second-order valence-corrected chi connectivity index (χ2v) is 6.09. The lowest BCUT2D eigenvalue weighted by Crippen LogP contribution is -2.45. The Kier molecular flexibility index (Phi) is 5.34. The zero-order chi connectivity index (χ0) is 13.7. The molecule has 0 aliphatic heterocycles. The molecule has 2 aliphatic rings. The zero-order valence-electron chi connectivity index (χ0n) is 11.6. The maximum Gasteiger partial charge on any atom is 0.248 e. The molecule has 0 amide bonds. The number of alkyl halides is 2. The van der Waals surface area contributed by atoms with Gasteiger partial charge < -0.3 is 0 Å². The summed E-state index contributed by atoms with van der Waals surface area (Å²) in [7, 11) is 0. The van der Waals surface area contributed by atoms with E-state index in [2.05, 4.69) is 11.5 Å². The van der Waals surface area contributed by atoms with Crippen molar-refractivity contribution in [1.29, 1.82) is 0 Å². The second-order valence-electron chi connectivity index (χ2n) is 6.09. The van der Waals surface area contributed by atoms with Gasteiger partial charge >= 0.3 is 0 Å². The molecule has 0 spiro atoms. The van der Waals surface area contributed by atoms with Gasteiger partial charge in [-0.2, -0.15) is 0 Å². The van der Waals surface area contributed by atoms with Crippen LogP contribution in [0.2, 0.25) is 0 Å². The van der Waals surface area contributed by atoms with Crippen LogP contribution in [0.4, 0.5) is 8.78 Å². The highest BCUT2D eigenvalue weighted by Gasteiger charge is 2.39. The van der Waals surface area contributed by atoms with E-state index in [0.717, 1.165) is 25.7 Å². The quantitative estimate of drug-likeness (QED) is 0.464. The summed E-state index contributed by atoms with van der Waals surface area (Å²) >= 11 is 0. The van der Waals surface area contributed by atoms with Gasteiger partial charge in [-0.1, -0.05) is 24.5 Å². The van der Waals surface area contributed by atoms with Gasteiger partial charge in [0.15, 0.2) is 0 Å². The average Bonchev–Trinajstić information content (AvgIpc) is 2.31. The van der Waals surface area contributed by atoms with Crippen molar-refractivity contribution in [2.75, 3.05) is 0 Å². The van der Waals surface area contributed by atoms with Gasteiger partial charge in [-0.3, -0.25) is 11.3 Å². The molecule has 2 atom stereocenters. The summed E-state index contributed by atoms with van der Waals surface area (Å²) in [5, 5.41) is 0. The lowest BCUT2D eigenvalue weighted by molar-refractivity contribution is -0.0563. The molecule has 1 fully saturated rings. The minimum atomic E-state index is -2.50. The first kappa shape index (κ1) is 14.9. The largest absolute Gasteiger partial charge is 0.271 e. The molecule has 0 aromatic carbocycles. The normalized spacial score (nSPS) is 30.1. The predicted molar refractivity (Wildman–Crippen MR) is 73.8 cm³/mol. The molecule has 1 saturated carbocycles. The molecule has 0 heterocycles. The molecular formula is C15H26F2N2. The van der Waals surface area contributed by atoms with Crippen molar-refractivity contribution in [1.82, 2.24) is 5.43 Å². The highest BCUT2D eigenvalue weighted by atomic mass is 19.3. The summed E-state index contributed by atoms with van der Waals surface area (Å²) in [5.74, 6) is 3.16. The van der Waals surface area contributed by atoms with Crippen LogP contribution in [0.15, 0.2) is 11.6 Å². The number of hydrogen-bond donors (Lipinski definition) is 2. The molecule has 0 aromatic heterocycles. The van der Waals surface area contributed by atoms with Crippen LogP contribution in [0.25, 0.3) is 0 Å². The molecule has 0 aromatic rings. The highest BCUT2D eigenvalue weighted by molar-refractivity contribution is 5.14. The Morgan fingerprint density at radius 1 is 1.21 bits per heavy atom. The zero-order valence-corrected chi connectivity index (χ0v) is 11.6. The first-order chi connectivity index (χ1) is 9.12. The highest BCUT2D eigenvalue weighted by Crippen LogP contribution is 2.40. The summed E-state index contributed by atoms with van der Waals surface area (Å²) in [6.45, 7) is 0. The number of rotatable bonds is 3. The molecule has 110 valence electrons. The van der Waals surface area contributed by atoms with Crippen LogP contribution in [-0.2, 0) is 0 Å². The summed E-state index contributed by atoms with van der Waals surface area (Å²) in [6.07, 6.45) is 10.7. The Morgan fingerprint density at radius 3 is 2.74 bits per heavy atom. The van der Waals surface area contributed by atoms with E-state index < -0.39 is 5.92 Å². The summed E-state index contributed by atoms with van der Waals surface area (Å²) in [5.41, 5.74) is 4.09. The van der Waals surface area contributed by atoms with Crippen LogP contribution < -0.4 is 11.3 Å². The van der Waals surface area contributed by atoms with Crippen molar-refractivity contribution in [2.24, 2.45) is 11.8 Å². The number of nitrogens with one attached hydrogen (secondary N) is 1. The molecule has 2 nitrogen and oxygen atoms in total. The third-order valence-electron chi connectivity index (χ3n) is 4.55. The maximum absolute atomic E-state index is 13.6. The van der Waals surface area contributed by atoms with Crippen LogP contribution in [-0.4, -0.2) is 12.0 Å². The van der Waals surface area contributed by atoms with Crippen molar-refractivity contribution in [3.63, 3.8) is 0 Å². The van der Waals surface area contributed by atoms with Crippen molar-refractivity contribution < 1.29 is 8.78 Å². The molecule has 4 heteroatoms. The van der Waals surface area contributed by atoms with Gasteiger partial charge in [0.05, 0.1) is 0 Å². The van der Waals surface area contributed by atoms with E-state index >= 15 is 0 Å². The van der Waals surface area contributed by atoms with Gasteiger partial charge in [0.2, 0.25) is 5.92 Å². The van der Waals surface area contributed by atoms with Gasteiger partial charge in [-0.25, -0.2) is 8.78 Å². The molecule has 0 radical (unpaired) electrons. The van der Waals surface area contributed by atoms with Crippen LogP contribution >= 0.6 is 0 Å². The Labute approximate surface area is 114 Å². The van der Waals surface area contributed by atoms with Gasteiger partial charge in [0.25, 0.3) is 0 Å². The van der Waals surface area contributed by atoms with E-state index in [9.17, 15) is 8.78 Å². The van der Waals surface area contributed by atoms with Crippen LogP contribution in [0.5, 0.6) is 0 Å². The maximum atomic E-state index is 13.6. The van der Waals surface area contributed by atoms with Gasteiger partial charge in [0.1, 0.15) is 0 Å². The lowest BCUT2D eigenvalue weighted by Gasteiger charge is -2.35. The molecule has 2 rings (SSSR count). The van der Waals surface area contributed by atoms with E-state index in [-0.39, 0.29) is 24.8 Å². The first-order valence-corrected chi connectivity index (χ1v) is 7.65. The van der Waals surface area contributed by atoms with Crippen molar-refractivity contribution in [3.05, 3.63) is 11.6 Å². The molecule has 2 unspecified atom stereocenters. The average molecular weight is 272 g/mol. The number of hydrogen-bond acceptors (Lipinski definition) is 2.